The zero-order chi connectivity index (χ0) is 26.2. The summed E-state index contributed by atoms with van der Waals surface area (Å²) in [5.74, 6) is 1.15. The lowest BCUT2D eigenvalue weighted by atomic mass is 9.81. The Morgan fingerprint density at radius 3 is 2.46 bits per heavy atom. The smallest absolute Gasteiger partial charge is 0.323 e. The van der Waals surface area contributed by atoms with Crippen LogP contribution in [0.15, 0.2) is 42.7 Å². The Morgan fingerprint density at radius 2 is 1.86 bits per heavy atom. The van der Waals surface area contributed by atoms with Gasteiger partial charge < -0.3 is 20.3 Å². The summed E-state index contributed by atoms with van der Waals surface area (Å²) in [7, 11) is -1.61. The number of ether oxygens (including phenoxy) is 1. The van der Waals surface area contributed by atoms with Gasteiger partial charge in [0.25, 0.3) is 0 Å². The van der Waals surface area contributed by atoms with E-state index >= 15 is 0 Å². The molecule has 196 valence electrons. The highest BCUT2D eigenvalue weighted by Gasteiger charge is 2.49. The highest BCUT2D eigenvalue weighted by Crippen LogP contribution is 2.48. The van der Waals surface area contributed by atoms with Gasteiger partial charge in [-0.05, 0) is 50.5 Å². The molecule has 1 aromatic carbocycles. The molecule has 1 saturated heterocycles. The topological polar surface area (TPSA) is 131 Å². The highest BCUT2D eigenvalue weighted by molar-refractivity contribution is 7.91. The van der Waals surface area contributed by atoms with Crippen molar-refractivity contribution in [2.24, 2.45) is 7.05 Å². The van der Waals surface area contributed by atoms with Gasteiger partial charge in [-0.3, -0.25) is 4.68 Å². The van der Waals surface area contributed by atoms with Crippen molar-refractivity contribution in [1.82, 2.24) is 19.7 Å². The summed E-state index contributed by atoms with van der Waals surface area (Å²) in [6.45, 7) is 3.89. The minimum absolute atomic E-state index is 0.102. The minimum Gasteiger partial charge on any atom is -0.377 e. The van der Waals surface area contributed by atoms with E-state index in [9.17, 15) is 13.2 Å². The fraction of sp³-hybridized carbons (Fsp3) is 0.440. The second-order valence-electron chi connectivity index (χ2n) is 9.73. The Balaban J connectivity index is 1.45. The summed E-state index contributed by atoms with van der Waals surface area (Å²) in [4.78, 5) is 24.1. The molecule has 11 nitrogen and oxygen atoms in total. The maximum absolute atomic E-state index is 12.9. The number of morpholine rings is 1. The summed E-state index contributed by atoms with van der Waals surface area (Å²) in [6.07, 6.45) is 6.50. The lowest BCUT2D eigenvalue weighted by molar-refractivity contribution is 0.0985. The lowest BCUT2D eigenvalue weighted by Crippen LogP contribution is -2.45. The van der Waals surface area contributed by atoms with Crippen LogP contribution in [-0.4, -0.2) is 66.3 Å². The van der Waals surface area contributed by atoms with Crippen LogP contribution in [0.1, 0.15) is 31.9 Å². The van der Waals surface area contributed by atoms with Gasteiger partial charge in [-0.25, -0.2) is 23.2 Å². The van der Waals surface area contributed by atoms with Gasteiger partial charge in [0.1, 0.15) is 10.6 Å². The van der Waals surface area contributed by atoms with Crippen molar-refractivity contribution in [2.75, 3.05) is 41.5 Å². The fourth-order valence-corrected chi connectivity index (χ4v) is 6.32. The number of anilines is 3. The summed E-state index contributed by atoms with van der Waals surface area (Å²) in [5.41, 5.74) is 2.45. The zero-order valence-electron chi connectivity index (χ0n) is 21.1. The van der Waals surface area contributed by atoms with Crippen molar-refractivity contribution in [3.63, 3.8) is 0 Å². The van der Waals surface area contributed by atoms with Crippen molar-refractivity contribution < 1.29 is 17.9 Å². The molecular formula is C25H31N7O4S. The number of benzene rings is 1. The first-order valence-electron chi connectivity index (χ1n) is 12.3. The third-order valence-corrected chi connectivity index (χ3v) is 9.11. The second-order valence-corrected chi connectivity index (χ2v) is 12.1. The second kappa shape index (κ2) is 9.75. The van der Waals surface area contributed by atoms with Gasteiger partial charge >= 0.3 is 6.03 Å². The number of aryl methyl sites for hydroxylation is 1. The molecule has 1 saturated carbocycles. The van der Waals surface area contributed by atoms with Gasteiger partial charge in [-0.2, -0.15) is 5.10 Å². The zero-order valence-corrected chi connectivity index (χ0v) is 22.0. The molecule has 12 heteroatoms. The van der Waals surface area contributed by atoms with E-state index in [0.29, 0.717) is 61.3 Å². The Labute approximate surface area is 216 Å². The molecule has 2 aliphatic rings. The van der Waals surface area contributed by atoms with Crippen LogP contribution < -0.4 is 15.5 Å². The first kappa shape index (κ1) is 25.2. The molecule has 0 spiro atoms. The number of hydrogen-bond donors (Lipinski definition) is 2. The molecule has 2 aromatic heterocycles. The number of sulfone groups is 1. The van der Waals surface area contributed by atoms with E-state index in [4.69, 9.17) is 14.7 Å². The quantitative estimate of drug-likeness (QED) is 0.502. The van der Waals surface area contributed by atoms with E-state index in [0.717, 1.165) is 12.0 Å². The monoisotopic (exact) mass is 525 g/mol. The van der Waals surface area contributed by atoms with E-state index in [-0.39, 0.29) is 12.1 Å². The minimum atomic E-state index is -3.38. The number of amides is 2. The molecule has 37 heavy (non-hydrogen) atoms. The third-order valence-electron chi connectivity index (χ3n) is 7.08. The van der Waals surface area contributed by atoms with Crippen molar-refractivity contribution in [2.45, 2.75) is 37.0 Å². The molecule has 2 amide bonds. The Hall–Kier alpha value is -3.51. The van der Waals surface area contributed by atoms with E-state index in [1.54, 1.807) is 36.3 Å². The molecule has 1 aliphatic carbocycles. The number of carbonyl (C=O) groups excluding carboxylic acids is 1. The highest BCUT2D eigenvalue weighted by atomic mass is 32.2. The molecule has 0 unspecified atom stereocenters. The molecule has 0 radical (unpaired) electrons. The van der Waals surface area contributed by atoms with E-state index in [2.05, 4.69) is 27.6 Å². The first-order chi connectivity index (χ1) is 17.6. The van der Waals surface area contributed by atoms with Crippen LogP contribution in [0.5, 0.6) is 0 Å². The largest absolute Gasteiger partial charge is 0.377 e. The van der Waals surface area contributed by atoms with Crippen molar-refractivity contribution >= 4 is 33.1 Å². The number of nitrogens with zero attached hydrogens (tertiary/aromatic N) is 5. The van der Waals surface area contributed by atoms with Crippen LogP contribution in [0, 0.1) is 0 Å². The number of aromatic nitrogens is 4. The predicted molar refractivity (Wildman–Crippen MR) is 141 cm³/mol. The lowest BCUT2D eigenvalue weighted by Gasteiger charge is -2.40. The Bertz CT molecular complexity index is 1400. The van der Waals surface area contributed by atoms with Crippen LogP contribution >= 0.6 is 0 Å². The summed E-state index contributed by atoms with van der Waals surface area (Å²) in [6, 6.07) is 8.72. The standard InChI is InChI=1S/C25H31N7O4S/c1-17-16-36-12-11-32(17)22-13-21(25(9-4-10-25)37(3,34)35)29-23(30-22)18-5-7-19(8-6-18)27-24(33)28-20-14-26-31(2)15-20/h5-8,13-15,17H,4,9-12,16H2,1-3H3,(H2,27,28,33)/t17-/m0/s1. The predicted octanol–water partition coefficient (Wildman–Crippen LogP) is 3.17. The molecule has 1 aliphatic heterocycles. The van der Waals surface area contributed by atoms with Crippen molar-refractivity contribution in [3.05, 3.63) is 48.4 Å². The Kier molecular flexibility index (Phi) is 6.63. The molecule has 3 heterocycles. The molecular weight excluding hydrogens is 494 g/mol. The molecule has 5 rings (SSSR count). The average molecular weight is 526 g/mol. The summed E-state index contributed by atoms with van der Waals surface area (Å²) < 4.78 is 31.9. The molecule has 2 N–H and O–H groups in total. The van der Waals surface area contributed by atoms with Crippen molar-refractivity contribution in [1.29, 1.82) is 0 Å². The molecule has 3 aromatic rings. The summed E-state index contributed by atoms with van der Waals surface area (Å²) in [5, 5.41) is 9.55. The van der Waals surface area contributed by atoms with Crippen LogP contribution in [0.2, 0.25) is 0 Å². The average Bonchev–Trinajstić information content (AvgIpc) is 3.22. The van der Waals surface area contributed by atoms with E-state index in [1.807, 2.05) is 18.2 Å². The molecule has 0 bridgehead atoms. The summed E-state index contributed by atoms with van der Waals surface area (Å²) >= 11 is 0. The number of rotatable bonds is 6. The van der Waals surface area contributed by atoms with Gasteiger partial charge in [0.15, 0.2) is 15.7 Å². The van der Waals surface area contributed by atoms with Gasteiger partial charge in [0, 0.05) is 43.4 Å². The SMILES string of the molecule is C[C@H]1COCCN1c1cc(C2(S(C)(=O)=O)CCC2)nc(-c2ccc(NC(=O)Nc3cnn(C)c3)cc2)n1. The number of hydrogen-bond acceptors (Lipinski definition) is 8. The molecule has 1 atom stereocenters. The maximum Gasteiger partial charge on any atom is 0.323 e. The molecule has 2 fully saturated rings. The van der Waals surface area contributed by atoms with Crippen LogP contribution in [0.25, 0.3) is 11.4 Å². The maximum atomic E-state index is 12.9. The van der Waals surface area contributed by atoms with Crippen LogP contribution in [0.4, 0.5) is 22.0 Å². The van der Waals surface area contributed by atoms with Gasteiger partial charge in [-0.15, -0.1) is 0 Å². The first-order valence-corrected chi connectivity index (χ1v) is 14.1. The van der Waals surface area contributed by atoms with Crippen LogP contribution in [-0.2, 0) is 26.4 Å². The van der Waals surface area contributed by atoms with Gasteiger partial charge in [-0.1, -0.05) is 0 Å². The van der Waals surface area contributed by atoms with E-state index in [1.165, 1.54) is 6.26 Å². The van der Waals surface area contributed by atoms with Gasteiger partial charge in [0.2, 0.25) is 0 Å². The third kappa shape index (κ3) is 5.03. The van der Waals surface area contributed by atoms with E-state index < -0.39 is 14.6 Å². The number of carbonyl (C=O) groups is 1. The fourth-order valence-electron chi connectivity index (χ4n) is 4.81. The normalized spacial score (nSPS) is 19.2. The Morgan fingerprint density at radius 1 is 1.14 bits per heavy atom. The van der Waals surface area contributed by atoms with Crippen molar-refractivity contribution in [3.8, 4) is 11.4 Å². The van der Waals surface area contributed by atoms with Crippen LogP contribution in [0.3, 0.4) is 0 Å². The number of urea groups is 1. The van der Waals surface area contributed by atoms with Gasteiger partial charge in [0.05, 0.1) is 36.8 Å². The number of nitrogens with one attached hydrogen (secondary N) is 2.